The molecule has 0 saturated carbocycles. The number of hydrogen-bond donors (Lipinski definition) is 2. The van der Waals surface area contributed by atoms with Gasteiger partial charge in [-0.25, -0.2) is 4.79 Å². The Balaban J connectivity index is 2.04. The number of ether oxygens (including phenoxy) is 1. The van der Waals surface area contributed by atoms with Crippen molar-refractivity contribution in [3.05, 3.63) is 35.9 Å². The highest BCUT2D eigenvalue weighted by Crippen LogP contribution is 2.24. The highest BCUT2D eigenvalue weighted by atomic mass is 32.2. The third-order valence-electron chi connectivity index (χ3n) is 4.65. The highest BCUT2D eigenvalue weighted by molar-refractivity contribution is 7.99. The Morgan fingerprint density at radius 1 is 1.18 bits per heavy atom. The molecule has 1 fully saturated rings. The third kappa shape index (κ3) is 7.36. The first-order valence-electron chi connectivity index (χ1n) is 10.1. The molecule has 1 heterocycles. The van der Waals surface area contributed by atoms with Gasteiger partial charge in [-0.2, -0.15) is 11.8 Å². The second-order valence-electron chi connectivity index (χ2n) is 7.40. The maximum absolute atomic E-state index is 13.1. The number of hydrogen-bond acceptors (Lipinski definition) is 5. The summed E-state index contributed by atoms with van der Waals surface area (Å²) in [5.74, 6) is 2.46. The van der Waals surface area contributed by atoms with Crippen molar-refractivity contribution >= 4 is 23.8 Å². The molecule has 0 aliphatic carbocycles. The number of nitrogens with one attached hydrogen (secondary N) is 2. The Morgan fingerprint density at radius 3 is 2.46 bits per heavy atom. The van der Waals surface area contributed by atoms with Crippen LogP contribution in [-0.2, 0) is 9.53 Å². The van der Waals surface area contributed by atoms with Crippen LogP contribution in [0.25, 0.3) is 0 Å². The summed E-state index contributed by atoms with van der Waals surface area (Å²) in [6.07, 6.45) is 0.338. The van der Waals surface area contributed by atoms with Gasteiger partial charge in [0, 0.05) is 37.2 Å². The first kappa shape index (κ1) is 22.6. The Morgan fingerprint density at radius 2 is 1.86 bits per heavy atom. The van der Waals surface area contributed by atoms with Gasteiger partial charge in [-0.1, -0.05) is 44.2 Å². The van der Waals surface area contributed by atoms with Crippen LogP contribution < -0.4 is 10.6 Å². The fourth-order valence-electron chi connectivity index (χ4n) is 3.42. The lowest BCUT2D eigenvalue weighted by molar-refractivity contribution is -0.126. The molecule has 0 unspecified atom stereocenters. The number of alkyl carbamates (subject to hydrolysis) is 1. The van der Waals surface area contributed by atoms with Crippen molar-refractivity contribution in [2.45, 2.75) is 39.3 Å². The minimum Gasteiger partial charge on any atom is -0.450 e. The minimum atomic E-state index is -0.435. The van der Waals surface area contributed by atoms with E-state index in [1.165, 1.54) is 0 Å². The van der Waals surface area contributed by atoms with Crippen LogP contribution in [0.3, 0.4) is 0 Å². The van der Waals surface area contributed by atoms with Crippen molar-refractivity contribution in [2.24, 2.45) is 5.92 Å². The molecule has 156 valence electrons. The van der Waals surface area contributed by atoms with Gasteiger partial charge in [0.2, 0.25) is 5.91 Å². The molecule has 0 bridgehead atoms. The van der Waals surface area contributed by atoms with Crippen molar-refractivity contribution in [2.75, 3.05) is 37.7 Å². The summed E-state index contributed by atoms with van der Waals surface area (Å²) in [6.45, 7) is 8.49. The second kappa shape index (κ2) is 12.0. The summed E-state index contributed by atoms with van der Waals surface area (Å²) >= 11 is 1.92. The topological polar surface area (TPSA) is 70.7 Å². The molecule has 1 aliphatic heterocycles. The van der Waals surface area contributed by atoms with Gasteiger partial charge in [-0.3, -0.25) is 9.69 Å². The molecule has 1 aliphatic rings. The summed E-state index contributed by atoms with van der Waals surface area (Å²) in [5, 5.41) is 5.94. The summed E-state index contributed by atoms with van der Waals surface area (Å²) in [5.41, 5.74) is 1.01. The Hall–Kier alpha value is -1.73. The molecule has 28 heavy (non-hydrogen) atoms. The zero-order valence-corrected chi connectivity index (χ0v) is 18.0. The summed E-state index contributed by atoms with van der Waals surface area (Å²) < 4.78 is 5.00. The molecule has 0 radical (unpaired) electrons. The average molecular weight is 408 g/mol. The van der Waals surface area contributed by atoms with E-state index in [2.05, 4.69) is 29.4 Å². The van der Waals surface area contributed by atoms with Crippen LogP contribution in [0.5, 0.6) is 0 Å². The van der Waals surface area contributed by atoms with Crippen LogP contribution in [0.2, 0.25) is 0 Å². The normalized spacial score (nSPS) is 17.0. The summed E-state index contributed by atoms with van der Waals surface area (Å²) in [7, 11) is 0. The number of rotatable bonds is 9. The average Bonchev–Trinajstić information content (AvgIpc) is 2.68. The Bertz CT molecular complexity index is 606. The largest absolute Gasteiger partial charge is 0.450 e. The maximum atomic E-state index is 13.1. The summed E-state index contributed by atoms with van der Waals surface area (Å²) in [6, 6.07) is 9.46. The van der Waals surface area contributed by atoms with Gasteiger partial charge < -0.3 is 15.4 Å². The van der Waals surface area contributed by atoms with Crippen molar-refractivity contribution in [1.29, 1.82) is 0 Å². The fourth-order valence-corrected chi connectivity index (χ4v) is 4.35. The molecule has 2 atom stereocenters. The van der Waals surface area contributed by atoms with Crippen molar-refractivity contribution in [3.63, 3.8) is 0 Å². The molecule has 2 N–H and O–H groups in total. The first-order chi connectivity index (χ1) is 13.5. The van der Waals surface area contributed by atoms with Gasteiger partial charge in [0.25, 0.3) is 0 Å². The van der Waals surface area contributed by atoms with E-state index in [1.54, 1.807) is 6.92 Å². The van der Waals surface area contributed by atoms with Gasteiger partial charge in [0.05, 0.1) is 6.61 Å². The van der Waals surface area contributed by atoms with Crippen molar-refractivity contribution in [1.82, 2.24) is 15.5 Å². The van der Waals surface area contributed by atoms with E-state index < -0.39 is 6.09 Å². The molecular formula is C21H33N3O3S. The molecule has 2 rings (SSSR count). The predicted molar refractivity (Wildman–Crippen MR) is 114 cm³/mol. The van der Waals surface area contributed by atoms with Crippen LogP contribution in [0, 0.1) is 5.92 Å². The van der Waals surface area contributed by atoms with E-state index in [0.29, 0.717) is 19.1 Å². The Kier molecular flexibility index (Phi) is 9.64. The fraction of sp³-hybridized carbons (Fsp3) is 0.619. The van der Waals surface area contributed by atoms with E-state index in [-0.39, 0.29) is 18.0 Å². The van der Waals surface area contributed by atoms with Crippen LogP contribution in [-0.4, -0.2) is 60.7 Å². The van der Waals surface area contributed by atoms with Gasteiger partial charge in [-0.15, -0.1) is 0 Å². The van der Waals surface area contributed by atoms with E-state index in [1.807, 2.05) is 42.1 Å². The number of carbonyl (C=O) groups is 2. The molecule has 7 heteroatoms. The van der Waals surface area contributed by atoms with Gasteiger partial charge >= 0.3 is 6.09 Å². The van der Waals surface area contributed by atoms with Crippen molar-refractivity contribution < 1.29 is 14.3 Å². The molecule has 0 spiro atoms. The number of thioether (sulfide) groups is 1. The monoisotopic (exact) mass is 407 g/mol. The maximum Gasteiger partial charge on any atom is 0.407 e. The standard InChI is InChI=1S/C21H33N3O3S/c1-4-27-21(26)23-18(14-16(2)3)15-22-20(25)19(17-8-6-5-7-9-17)24-10-12-28-13-11-24/h5-9,16,18-19H,4,10-15H2,1-3H3,(H,22,25)(H,23,26)/t18-,19-/m1/s1. The van der Waals surface area contributed by atoms with E-state index in [0.717, 1.165) is 36.6 Å². The van der Waals surface area contributed by atoms with Gasteiger partial charge in [-0.05, 0) is 24.8 Å². The second-order valence-corrected chi connectivity index (χ2v) is 8.62. The van der Waals surface area contributed by atoms with Crippen molar-refractivity contribution in [3.8, 4) is 0 Å². The van der Waals surface area contributed by atoms with Crippen LogP contribution in [0.4, 0.5) is 4.79 Å². The molecular weight excluding hydrogens is 374 g/mol. The predicted octanol–water partition coefficient (Wildman–Crippen LogP) is 3.05. The van der Waals surface area contributed by atoms with Crippen LogP contribution >= 0.6 is 11.8 Å². The SMILES string of the molecule is CCOC(=O)N[C@@H](CNC(=O)[C@@H](c1ccccc1)N1CCSCC1)CC(C)C. The molecule has 6 nitrogen and oxygen atoms in total. The van der Waals surface area contributed by atoms with E-state index in [4.69, 9.17) is 4.74 Å². The number of amides is 2. The summed E-state index contributed by atoms with van der Waals surface area (Å²) in [4.78, 5) is 27.2. The lowest BCUT2D eigenvalue weighted by Gasteiger charge is -2.34. The Labute approximate surface area is 172 Å². The molecule has 1 aromatic rings. The van der Waals surface area contributed by atoms with E-state index in [9.17, 15) is 9.59 Å². The third-order valence-corrected chi connectivity index (χ3v) is 5.59. The lowest BCUT2D eigenvalue weighted by Crippen LogP contribution is -2.49. The number of nitrogens with zero attached hydrogens (tertiary/aromatic N) is 1. The molecule has 1 aromatic carbocycles. The number of benzene rings is 1. The van der Waals surface area contributed by atoms with Gasteiger partial charge in [0.1, 0.15) is 6.04 Å². The zero-order valence-electron chi connectivity index (χ0n) is 17.1. The lowest BCUT2D eigenvalue weighted by atomic mass is 10.0. The first-order valence-corrected chi connectivity index (χ1v) is 11.2. The van der Waals surface area contributed by atoms with Gasteiger partial charge in [0.15, 0.2) is 0 Å². The minimum absolute atomic E-state index is 0.0162. The molecule has 1 saturated heterocycles. The quantitative estimate of drug-likeness (QED) is 0.658. The highest BCUT2D eigenvalue weighted by Gasteiger charge is 2.29. The molecule has 2 amide bonds. The molecule has 0 aromatic heterocycles. The van der Waals surface area contributed by atoms with Crippen LogP contribution in [0.15, 0.2) is 30.3 Å². The van der Waals surface area contributed by atoms with E-state index >= 15 is 0 Å². The smallest absolute Gasteiger partial charge is 0.407 e. The number of carbonyl (C=O) groups excluding carboxylic acids is 2. The zero-order chi connectivity index (χ0) is 20.4. The van der Waals surface area contributed by atoms with Crippen LogP contribution in [0.1, 0.15) is 38.8 Å².